The van der Waals surface area contributed by atoms with E-state index in [2.05, 4.69) is 9.47 Å². The highest BCUT2D eigenvalue weighted by atomic mass is 19.4. The van der Waals surface area contributed by atoms with E-state index in [-0.39, 0.29) is 11.3 Å². The van der Waals surface area contributed by atoms with Gasteiger partial charge in [0, 0.05) is 26.4 Å². The summed E-state index contributed by atoms with van der Waals surface area (Å²) in [5.41, 5.74) is -0.345. The average molecular weight is 371 g/mol. The molecule has 0 amide bonds. The molecule has 140 valence electrons. The van der Waals surface area contributed by atoms with E-state index in [0.717, 1.165) is 24.3 Å². The lowest BCUT2D eigenvalue weighted by Crippen LogP contribution is -2.21. The van der Waals surface area contributed by atoms with E-state index >= 15 is 0 Å². The minimum Gasteiger partial charge on any atom is -0.484 e. The Bertz CT molecular complexity index is 623. The van der Waals surface area contributed by atoms with Crippen molar-refractivity contribution in [2.24, 2.45) is 0 Å². The highest BCUT2D eigenvalue weighted by Crippen LogP contribution is 2.28. The maximum absolute atomic E-state index is 12.3. The largest absolute Gasteiger partial charge is 0.484 e. The van der Waals surface area contributed by atoms with Gasteiger partial charge in [-0.05, 0) is 18.2 Å². The molecule has 0 saturated heterocycles. The minimum atomic E-state index is -4.63. The van der Waals surface area contributed by atoms with Gasteiger partial charge in [0.2, 0.25) is 0 Å². The quantitative estimate of drug-likeness (QED) is 0.415. The number of hydrogen-bond acceptors (Lipinski definition) is 4. The molecule has 0 aliphatic carbocycles. The molecule has 0 radical (unpaired) electrons. The first-order chi connectivity index (χ1) is 11.4. The number of carbonyl (C=O) groups is 1. The fourth-order valence-corrected chi connectivity index (χ4v) is 1.55. The number of alkyl halides is 6. The van der Waals surface area contributed by atoms with Crippen LogP contribution in [-0.4, -0.2) is 50.3 Å². The normalized spacial score (nSPS) is 12.3. The molecule has 1 aromatic carbocycles. The lowest BCUT2D eigenvalue weighted by atomic mass is 10.1. The topological polar surface area (TPSA) is 38.8 Å². The summed E-state index contributed by atoms with van der Waals surface area (Å²) in [5.74, 6) is -1.48. The van der Waals surface area contributed by atoms with Gasteiger partial charge < -0.3 is 14.4 Å². The van der Waals surface area contributed by atoms with Crippen molar-refractivity contribution in [2.45, 2.75) is 12.4 Å². The monoisotopic (exact) mass is 371 g/mol. The smallest absolute Gasteiger partial charge is 0.422 e. The Morgan fingerprint density at radius 3 is 2.12 bits per heavy atom. The molecule has 0 bridgehead atoms. The molecule has 0 N–H and O–H groups in total. The van der Waals surface area contributed by atoms with Crippen LogP contribution in [0.4, 0.5) is 26.3 Å². The van der Waals surface area contributed by atoms with Crippen molar-refractivity contribution in [1.82, 2.24) is 4.90 Å². The van der Waals surface area contributed by atoms with Gasteiger partial charge in [-0.15, -0.1) is 0 Å². The Balaban J connectivity index is 3.08. The summed E-state index contributed by atoms with van der Waals surface area (Å²) in [6.07, 6.45) is -6.85. The minimum absolute atomic E-state index is 0.321. The van der Waals surface area contributed by atoms with Gasteiger partial charge in [0.05, 0.1) is 5.56 Å². The number of allylic oxidation sites excluding steroid dienone is 1. The summed E-state index contributed by atoms with van der Waals surface area (Å²) in [4.78, 5) is 13.6. The zero-order chi connectivity index (χ0) is 19.3. The fraction of sp³-hybridized carbons (Fsp3) is 0.400. The van der Waals surface area contributed by atoms with Crippen LogP contribution >= 0.6 is 0 Å². The second-order valence-corrected chi connectivity index (χ2v) is 5.11. The molecule has 0 unspecified atom stereocenters. The molecule has 1 rings (SSSR count). The Labute approximate surface area is 139 Å². The molecule has 0 saturated carbocycles. The Morgan fingerprint density at radius 1 is 1.04 bits per heavy atom. The molecular formula is C15H15F6NO3. The molecular weight excluding hydrogens is 356 g/mol. The van der Waals surface area contributed by atoms with E-state index in [0.29, 0.717) is 0 Å². The van der Waals surface area contributed by atoms with Crippen LogP contribution in [0.5, 0.6) is 11.5 Å². The van der Waals surface area contributed by atoms with Crippen molar-refractivity contribution < 1.29 is 40.6 Å². The van der Waals surface area contributed by atoms with E-state index < -0.39 is 37.1 Å². The number of ketones is 1. The summed E-state index contributed by atoms with van der Waals surface area (Å²) < 4.78 is 82.4. The van der Waals surface area contributed by atoms with E-state index in [1.165, 1.54) is 11.1 Å². The molecule has 25 heavy (non-hydrogen) atoms. The predicted octanol–water partition coefficient (Wildman–Crippen LogP) is 3.83. The van der Waals surface area contributed by atoms with Crippen LogP contribution < -0.4 is 9.47 Å². The molecule has 1 aromatic rings. The van der Waals surface area contributed by atoms with Crippen LogP contribution in [-0.2, 0) is 0 Å². The number of halogens is 6. The third-order valence-corrected chi connectivity index (χ3v) is 2.53. The van der Waals surface area contributed by atoms with Crippen LogP contribution in [0.3, 0.4) is 0 Å². The Hall–Kier alpha value is -2.39. The summed E-state index contributed by atoms with van der Waals surface area (Å²) in [6, 6.07) is 2.85. The number of benzene rings is 1. The zero-order valence-corrected chi connectivity index (χ0v) is 13.2. The summed E-state index contributed by atoms with van der Waals surface area (Å²) >= 11 is 0. The van der Waals surface area contributed by atoms with Gasteiger partial charge in [-0.1, -0.05) is 0 Å². The molecule has 0 aliphatic heterocycles. The third-order valence-electron chi connectivity index (χ3n) is 2.53. The van der Waals surface area contributed by atoms with Gasteiger partial charge >= 0.3 is 12.4 Å². The maximum atomic E-state index is 12.3. The summed E-state index contributed by atoms with van der Waals surface area (Å²) in [7, 11) is 3.21. The fourth-order valence-electron chi connectivity index (χ4n) is 1.55. The average Bonchev–Trinajstić information content (AvgIpc) is 2.47. The van der Waals surface area contributed by atoms with Gasteiger partial charge in [0.1, 0.15) is 11.5 Å². The van der Waals surface area contributed by atoms with Crippen LogP contribution in [0, 0.1) is 0 Å². The van der Waals surface area contributed by atoms with E-state index in [9.17, 15) is 31.1 Å². The number of nitrogens with zero attached hydrogens (tertiary/aromatic N) is 1. The molecule has 0 spiro atoms. The van der Waals surface area contributed by atoms with Crippen LogP contribution in [0.2, 0.25) is 0 Å². The number of carbonyl (C=O) groups excluding carboxylic acids is 1. The van der Waals surface area contributed by atoms with Crippen LogP contribution in [0.25, 0.3) is 0 Å². The van der Waals surface area contributed by atoms with Crippen molar-refractivity contribution >= 4 is 5.78 Å². The van der Waals surface area contributed by atoms with Gasteiger partial charge in [0.15, 0.2) is 19.0 Å². The molecule has 4 nitrogen and oxygen atoms in total. The van der Waals surface area contributed by atoms with Gasteiger partial charge in [0.25, 0.3) is 0 Å². The van der Waals surface area contributed by atoms with Crippen LogP contribution in [0.1, 0.15) is 10.4 Å². The third kappa shape index (κ3) is 8.32. The molecule has 0 fully saturated rings. The zero-order valence-electron chi connectivity index (χ0n) is 13.2. The van der Waals surface area contributed by atoms with Crippen molar-refractivity contribution in [3.05, 3.63) is 36.0 Å². The van der Waals surface area contributed by atoms with E-state index in [1.54, 1.807) is 14.1 Å². The maximum Gasteiger partial charge on any atom is 0.422 e. The van der Waals surface area contributed by atoms with Crippen LogP contribution in [0.15, 0.2) is 30.5 Å². The van der Waals surface area contributed by atoms with Gasteiger partial charge in [-0.3, -0.25) is 4.79 Å². The predicted molar refractivity (Wildman–Crippen MR) is 76.7 cm³/mol. The highest BCUT2D eigenvalue weighted by Gasteiger charge is 2.30. The summed E-state index contributed by atoms with van der Waals surface area (Å²) in [5, 5.41) is 0. The number of rotatable bonds is 7. The summed E-state index contributed by atoms with van der Waals surface area (Å²) in [6.45, 7) is -3.25. The lowest BCUT2D eigenvalue weighted by molar-refractivity contribution is -0.154. The first kappa shape index (κ1) is 20.7. The van der Waals surface area contributed by atoms with Gasteiger partial charge in [-0.2, -0.15) is 26.3 Å². The first-order valence-corrected chi connectivity index (χ1v) is 6.79. The van der Waals surface area contributed by atoms with Crippen molar-refractivity contribution in [2.75, 3.05) is 27.3 Å². The SMILES string of the molecule is CN(C)/C=C\C(=O)c1cc(OCC(F)(F)F)ccc1OCC(F)(F)F. The van der Waals surface area contributed by atoms with Crippen molar-refractivity contribution in [1.29, 1.82) is 0 Å². The Kier molecular flexibility index (Phi) is 6.71. The molecule has 0 aromatic heterocycles. The lowest BCUT2D eigenvalue weighted by Gasteiger charge is -2.14. The first-order valence-electron chi connectivity index (χ1n) is 6.79. The van der Waals surface area contributed by atoms with E-state index in [4.69, 9.17) is 0 Å². The molecule has 0 aliphatic rings. The number of ether oxygens (including phenoxy) is 2. The highest BCUT2D eigenvalue weighted by molar-refractivity contribution is 6.06. The number of hydrogen-bond donors (Lipinski definition) is 0. The molecule has 10 heteroatoms. The standard InChI is InChI=1S/C15H15F6NO3/c1-22(2)6-5-12(23)11-7-10(24-8-14(16,17)18)3-4-13(11)25-9-15(19,20)21/h3-7H,8-9H2,1-2H3/b6-5-. The van der Waals surface area contributed by atoms with E-state index in [1.807, 2.05) is 0 Å². The van der Waals surface area contributed by atoms with Gasteiger partial charge in [-0.25, -0.2) is 0 Å². The van der Waals surface area contributed by atoms with Crippen molar-refractivity contribution in [3.8, 4) is 11.5 Å². The second-order valence-electron chi connectivity index (χ2n) is 5.11. The Morgan fingerprint density at radius 2 is 1.60 bits per heavy atom. The van der Waals surface area contributed by atoms with Crippen molar-refractivity contribution in [3.63, 3.8) is 0 Å². The second kappa shape index (κ2) is 8.13. The molecule has 0 heterocycles. The molecule has 0 atom stereocenters.